The molecule has 1 fully saturated rings. The molecular weight excluding hydrogens is 241 g/mol. The lowest BCUT2D eigenvalue weighted by molar-refractivity contribution is 0.463. The number of halogens is 2. The van der Waals surface area contributed by atoms with Gasteiger partial charge in [-0.25, -0.2) is 0 Å². The molecule has 0 aromatic heterocycles. The first kappa shape index (κ1) is 12.2. The molecule has 16 heavy (non-hydrogen) atoms. The lowest BCUT2D eigenvalue weighted by Gasteiger charge is -2.15. The number of nitrogens with one attached hydrogen (secondary N) is 1. The van der Waals surface area contributed by atoms with E-state index < -0.39 is 0 Å². The molecule has 0 spiro atoms. The standard InChI is InChI=1S/C13H17Cl2N/c1-2-16-9-13(5-6-13)8-10-3-4-11(14)12(15)7-10/h3-4,7,16H,2,5-6,8-9H2,1H3. The highest BCUT2D eigenvalue weighted by molar-refractivity contribution is 6.42. The van der Waals surface area contributed by atoms with Crippen molar-refractivity contribution in [1.29, 1.82) is 0 Å². The van der Waals surface area contributed by atoms with Crippen LogP contribution in [-0.2, 0) is 6.42 Å². The average molecular weight is 258 g/mol. The summed E-state index contributed by atoms with van der Waals surface area (Å²) in [6, 6.07) is 5.97. The Kier molecular flexibility index (Phi) is 3.78. The van der Waals surface area contributed by atoms with E-state index in [4.69, 9.17) is 23.2 Å². The maximum atomic E-state index is 6.02. The summed E-state index contributed by atoms with van der Waals surface area (Å²) in [6.45, 7) is 4.31. The zero-order valence-corrected chi connectivity index (χ0v) is 11.0. The molecule has 1 aliphatic carbocycles. The molecule has 1 nitrogen and oxygen atoms in total. The van der Waals surface area contributed by atoms with Gasteiger partial charge in [-0.2, -0.15) is 0 Å². The molecule has 1 aliphatic rings. The molecule has 0 heterocycles. The molecule has 88 valence electrons. The molecule has 1 saturated carbocycles. The molecule has 0 aliphatic heterocycles. The van der Waals surface area contributed by atoms with E-state index in [2.05, 4.69) is 18.3 Å². The van der Waals surface area contributed by atoms with Gasteiger partial charge in [-0.1, -0.05) is 36.2 Å². The molecule has 0 unspecified atom stereocenters. The van der Waals surface area contributed by atoms with Gasteiger partial charge in [0.2, 0.25) is 0 Å². The quantitative estimate of drug-likeness (QED) is 0.843. The van der Waals surface area contributed by atoms with Crippen molar-refractivity contribution in [3.05, 3.63) is 33.8 Å². The smallest absolute Gasteiger partial charge is 0.0595 e. The van der Waals surface area contributed by atoms with Gasteiger partial charge in [-0.15, -0.1) is 0 Å². The van der Waals surface area contributed by atoms with Gasteiger partial charge in [0.1, 0.15) is 0 Å². The third-order valence-corrected chi connectivity index (χ3v) is 4.01. The Balaban J connectivity index is 2.01. The monoisotopic (exact) mass is 257 g/mol. The van der Waals surface area contributed by atoms with E-state index in [1.165, 1.54) is 18.4 Å². The second-order valence-corrected chi connectivity index (χ2v) is 5.52. The van der Waals surface area contributed by atoms with Crippen molar-refractivity contribution in [3.8, 4) is 0 Å². The fraction of sp³-hybridized carbons (Fsp3) is 0.538. The van der Waals surface area contributed by atoms with Crippen molar-refractivity contribution in [3.63, 3.8) is 0 Å². The van der Waals surface area contributed by atoms with Crippen LogP contribution in [0.3, 0.4) is 0 Å². The molecule has 0 radical (unpaired) electrons. The molecule has 3 heteroatoms. The van der Waals surface area contributed by atoms with Crippen LogP contribution in [0.25, 0.3) is 0 Å². The third kappa shape index (κ3) is 2.91. The Morgan fingerprint density at radius 2 is 2.00 bits per heavy atom. The highest BCUT2D eigenvalue weighted by Gasteiger charge is 2.41. The molecule has 0 bridgehead atoms. The summed E-state index contributed by atoms with van der Waals surface area (Å²) in [4.78, 5) is 0. The third-order valence-electron chi connectivity index (χ3n) is 3.27. The summed E-state index contributed by atoms with van der Waals surface area (Å²) in [7, 11) is 0. The predicted molar refractivity (Wildman–Crippen MR) is 70.4 cm³/mol. The van der Waals surface area contributed by atoms with Crippen LogP contribution >= 0.6 is 23.2 Å². The summed E-state index contributed by atoms with van der Waals surface area (Å²) >= 11 is 11.9. The molecule has 2 rings (SSSR count). The second-order valence-electron chi connectivity index (χ2n) is 4.71. The molecule has 0 amide bonds. The SMILES string of the molecule is CCNCC1(Cc2ccc(Cl)c(Cl)c2)CC1. The normalized spacial score (nSPS) is 17.4. The minimum atomic E-state index is 0.479. The fourth-order valence-corrected chi connectivity index (χ4v) is 2.39. The van der Waals surface area contributed by atoms with Crippen molar-refractivity contribution in [1.82, 2.24) is 5.32 Å². The summed E-state index contributed by atoms with van der Waals surface area (Å²) in [5, 5.41) is 4.74. The van der Waals surface area contributed by atoms with E-state index >= 15 is 0 Å². The Bertz CT molecular complexity index is 372. The van der Waals surface area contributed by atoms with Crippen LogP contribution in [0.5, 0.6) is 0 Å². The number of rotatable bonds is 5. The van der Waals surface area contributed by atoms with Crippen LogP contribution in [0.1, 0.15) is 25.3 Å². The van der Waals surface area contributed by atoms with Gasteiger partial charge in [0.25, 0.3) is 0 Å². The summed E-state index contributed by atoms with van der Waals surface area (Å²) in [5.41, 5.74) is 1.78. The summed E-state index contributed by atoms with van der Waals surface area (Å²) < 4.78 is 0. The fourth-order valence-electron chi connectivity index (χ4n) is 2.07. The molecule has 1 N–H and O–H groups in total. The first-order valence-electron chi connectivity index (χ1n) is 5.80. The number of hydrogen-bond acceptors (Lipinski definition) is 1. The van der Waals surface area contributed by atoms with Crippen molar-refractivity contribution in [2.45, 2.75) is 26.2 Å². The highest BCUT2D eigenvalue weighted by atomic mass is 35.5. The Hall–Kier alpha value is -0.240. The van der Waals surface area contributed by atoms with Crippen LogP contribution < -0.4 is 5.32 Å². The van der Waals surface area contributed by atoms with Gasteiger partial charge in [0.15, 0.2) is 0 Å². The van der Waals surface area contributed by atoms with Crippen LogP contribution in [0, 0.1) is 5.41 Å². The predicted octanol–water partition coefficient (Wildman–Crippen LogP) is 3.93. The summed E-state index contributed by atoms with van der Waals surface area (Å²) in [5.74, 6) is 0. The van der Waals surface area contributed by atoms with E-state index in [0.717, 1.165) is 19.5 Å². The zero-order valence-electron chi connectivity index (χ0n) is 9.52. The molecule has 1 aromatic carbocycles. The summed E-state index contributed by atoms with van der Waals surface area (Å²) in [6.07, 6.45) is 3.75. The molecule has 0 atom stereocenters. The van der Waals surface area contributed by atoms with Crippen LogP contribution in [0.2, 0.25) is 10.0 Å². The zero-order chi connectivity index (χ0) is 11.6. The number of hydrogen-bond donors (Lipinski definition) is 1. The van der Waals surface area contributed by atoms with Gasteiger partial charge in [-0.3, -0.25) is 0 Å². The molecular formula is C13H17Cl2N. The van der Waals surface area contributed by atoms with E-state index in [1.807, 2.05) is 12.1 Å². The largest absolute Gasteiger partial charge is 0.316 e. The maximum absolute atomic E-state index is 6.02. The minimum Gasteiger partial charge on any atom is -0.316 e. The Labute approximate surface area is 107 Å². The van der Waals surface area contributed by atoms with Gasteiger partial charge >= 0.3 is 0 Å². The topological polar surface area (TPSA) is 12.0 Å². The lowest BCUT2D eigenvalue weighted by Crippen LogP contribution is -2.25. The van der Waals surface area contributed by atoms with E-state index in [1.54, 1.807) is 0 Å². The minimum absolute atomic E-state index is 0.479. The van der Waals surface area contributed by atoms with Gasteiger partial charge in [0, 0.05) is 6.54 Å². The van der Waals surface area contributed by atoms with E-state index in [9.17, 15) is 0 Å². The van der Waals surface area contributed by atoms with Crippen molar-refractivity contribution < 1.29 is 0 Å². The van der Waals surface area contributed by atoms with Gasteiger partial charge < -0.3 is 5.32 Å². The van der Waals surface area contributed by atoms with Crippen LogP contribution in [0.15, 0.2) is 18.2 Å². The van der Waals surface area contributed by atoms with E-state index in [-0.39, 0.29) is 0 Å². The van der Waals surface area contributed by atoms with E-state index in [0.29, 0.717) is 15.5 Å². The number of benzene rings is 1. The van der Waals surface area contributed by atoms with Gasteiger partial charge in [-0.05, 0) is 48.9 Å². The highest BCUT2D eigenvalue weighted by Crippen LogP contribution is 2.48. The Morgan fingerprint density at radius 1 is 1.25 bits per heavy atom. The Morgan fingerprint density at radius 3 is 2.56 bits per heavy atom. The van der Waals surface area contributed by atoms with Crippen molar-refractivity contribution in [2.24, 2.45) is 5.41 Å². The van der Waals surface area contributed by atoms with Crippen molar-refractivity contribution >= 4 is 23.2 Å². The first-order chi connectivity index (χ1) is 7.65. The van der Waals surface area contributed by atoms with Crippen molar-refractivity contribution in [2.75, 3.05) is 13.1 Å². The van der Waals surface area contributed by atoms with Crippen LogP contribution in [0.4, 0.5) is 0 Å². The first-order valence-corrected chi connectivity index (χ1v) is 6.55. The maximum Gasteiger partial charge on any atom is 0.0595 e. The lowest BCUT2D eigenvalue weighted by atomic mass is 9.96. The average Bonchev–Trinajstić information content (AvgIpc) is 3.01. The molecule has 0 saturated heterocycles. The second kappa shape index (κ2) is 4.95. The molecule has 1 aromatic rings. The van der Waals surface area contributed by atoms with Crippen LogP contribution in [-0.4, -0.2) is 13.1 Å². The van der Waals surface area contributed by atoms with Gasteiger partial charge in [0.05, 0.1) is 10.0 Å².